The van der Waals surface area contributed by atoms with Crippen LogP contribution in [0, 0.1) is 0 Å². The average Bonchev–Trinajstić information content (AvgIpc) is 2.18. The van der Waals surface area contributed by atoms with E-state index in [-0.39, 0.29) is 24.3 Å². The van der Waals surface area contributed by atoms with Crippen LogP contribution in [0.15, 0.2) is 12.8 Å². The second-order valence-corrected chi connectivity index (χ2v) is 2.70. The summed E-state index contributed by atoms with van der Waals surface area (Å²) in [7, 11) is 1.35. The molecular formula is C12H24O6. The zero-order valence-electron chi connectivity index (χ0n) is 12.0. The van der Waals surface area contributed by atoms with Gasteiger partial charge in [-0.25, -0.2) is 0 Å². The van der Waals surface area contributed by atoms with E-state index in [1.807, 2.05) is 0 Å². The third-order valence-electron chi connectivity index (χ3n) is 0.537. The van der Waals surface area contributed by atoms with Crippen LogP contribution < -0.4 is 0 Å². The standard InChI is InChI=1S/C4H6O2.C3H6O2.C3H6O.C2H6O/c1-3-6-4(2)5;1-3(4)5-2;1-3(2)4;1-2-3/h3H,1H2,2H3;1-2H3;1-2H3;3H,2H2,1H3. The molecule has 0 aliphatic carbocycles. The van der Waals surface area contributed by atoms with Gasteiger partial charge in [-0.3, -0.25) is 9.59 Å². The van der Waals surface area contributed by atoms with Crippen molar-refractivity contribution in [3.8, 4) is 0 Å². The van der Waals surface area contributed by atoms with Crippen molar-refractivity contribution in [1.29, 1.82) is 0 Å². The van der Waals surface area contributed by atoms with Crippen molar-refractivity contribution >= 4 is 17.7 Å². The molecule has 6 heteroatoms. The van der Waals surface area contributed by atoms with Gasteiger partial charge in [0.15, 0.2) is 0 Å². The van der Waals surface area contributed by atoms with Crippen molar-refractivity contribution in [2.45, 2.75) is 34.6 Å². The molecule has 1 N–H and O–H groups in total. The first-order chi connectivity index (χ1) is 8.19. The number of methoxy groups -OCH3 is 1. The number of hydrogen-bond acceptors (Lipinski definition) is 6. The molecule has 0 spiro atoms. The zero-order chi connectivity index (χ0) is 15.6. The molecule has 0 saturated carbocycles. The Balaban J connectivity index is -0.0000000750. The first kappa shape index (κ1) is 25.2. The van der Waals surface area contributed by atoms with Crippen LogP contribution in [0.5, 0.6) is 0 Å². The van der Waals surface area contributed by atoms with Gasteiger partial charge in [-0.2, -0.15) is 0 Å². The quantitative estimate of drug-likeness (QED) is 0.569. The fourth-order valence-corrected chi connectivity index (χ4v) is 0.117. The Hall–Kier alpha value is -1.69. The van der Waals surface area contributed by atoms with Crippen LogP contribution in [-0.2, 0) is 23.9 Å². The first-order valence-electron chi connectivity index (χ1n) is 5.10. The number of carbonyl (C=O) groups excluding carboxylic acids is 3. The van der Waals surface area contributed by atoms with Gasteiger partial charge in [-0.05, 0) is 20.8 Å². The summed E-state index contributed by atoms with van der Waals surface area (Å²) in [6, 6.07) is 0. The van der Waals surface area contributed by atoms with E-state index in [0.717, 1.165) is 6.26 Å². The van der Waals surface area contributed by atoms with Crippen molar-refractivity contribution in [2.24, 2.45) is 0 Å². The molecule has 0 aromatic carbocycles. The summed E-state index contributed by atoms with van der Waals surface area (Å²) in [5, 5.41) is 7.57. The molecule has 0 unspecified atom stereocenters. The van der Waals surface area contributed by atoms with Gasteiger partial charge in [0.2, 0.25) is 0 Å². The number of aliphatic hydroxyl groups is 1. The topological polar surface area (TPSA) is 89.9 Å². The lowest BCUT2D eigenvalue weighted by Gasteiger charge is -1.83. The van der Waals surface area contributed by atoms with Crippen molar-refractivity contribution in [3.63, 3.8) is 0 Å². The number of esters is 2. The van der Waals surface area contributed by atoms with Gasteiger partial charge in [0, 0.05) is 20.5 Å². The Morgan fingerprint density at radius 1 is 1.11 bits per heavy atom. The van der Waals surface area contributed by atoms with E-state index in [9.17, 15) is 14.4 Å². The summed E-state index contributed by atoms with van der Waals surface area (Å²) in [6.07, 6.45) is 1.10. The molecule has 0 amide bonds. The number of rotatable bonds is 1. The van der Waals surface area contributed by atoms with Crippen LogP contribution in [0.2, 0.25) is 0 Å². The number of Topliss-reactive ketones (excluding diaryl/α,β-unsaturated/α-hetero) is 1. The Bertz CT molecular complexity index is 219. The van der Waals surface area contributed by atoms with E-state index in [1.54, 1.807) is 6.92 Å². The molecule has 0 fully saturated rings. The van der Waals surface area contributed by atoms with Crippen molar-refractivity contribution in [2.75, 3.05) is 13.7 Å². The van der Waals surface area contributed by atoms with Gasteiger partial charge in [-0.15, -0.1) is 0 Å². The molecule has 0 saturated heterocycles. The first-order valence-corrected chi connectivity index (χ1v) is 5.10. The minimum absolute atomic E-state index is 0.167. The number of aliphatic hydroxyl groups excluding tert-OH is 1. The molecule has 0 aromatic rings. The highest BCUT2D eigenvalue weighted by atomic mass is 16.5. The van der Waals surface area contributed by atoms with Crippen molar-refractivity contribution in [3.05, 3.63) is 12.8 Å². The predicted molar refractivity (Wildman–Crippen MR) is 68.8 cm³/mol. The van der Waals surface area contributed by atoms with E-state index in [0.29, 0.717) is 0 Å². The van der Waals surface area contributed by atoms with Gasteiger partial charge >= 0.3 is 11.9 Å². The van der Waals surface area contributed by atoms with Gasteiger partial charge in [0.1, 0.15) is 5.78 Å². The molecule has 0 aromatic heterocycles. The molecule has 0 aliphatic rings. The van der Waals surface area contributed by atoms with E-state index < -0.39 is 0 Å². The SMILES string of the molecule is C=COC(C)=O.CC(C)=O.CCO.COC(C)=O. The van der Waals surface area contributed by atoms with E-state index >= 15 is 0 Å². The van der Waals surface area contributed by atoms with E-state index in [4.69, 9.17) is 5.11 Å². The third-order valence-corrected chi connectivity index (χ3v) is 0.537. The van der Waals surface area contributed by atoms with Crippen LogP contribution in [0.1, 0.15) is 34.6 Å². The smallest absolute Gasteiger partial charge is 0.307 e. The Morgan fingerprint density at radius 3 is 1.33 bits per heavy atom. The van der Waals surface area contributed by atoms with Gasteiger partial charge in [0.05, 0.1) is 13.4 Å². The average molecular weight is 264 g/mol. The highest BCUT2D eigenvalue weighted by molar-refractivity contribution is 5.72. The largest absolute Gasteiger partial charge is 0.469 e. The summed E-state index contributed by atoms with van der Waals surface area (Å²) in [5.74, 6) is -0.407. The molecule has 0 radical (unpaired) electrons. The lowest BCUT2D eigenvalue weighted by molar-refractivity contribution is -0.138. The minimum atomic E-state index is -0.329. The number of ketones is 1. The van der Waals surface area contributed by atoms with E-state index in [2.05, 4.69) is 16.1 Å². The summed E-state index contributed by atoms with van der Waals surface area (Å²) in [5.41, 5.74) is 0. The van der Waals surface area contributed by atoms with Crippen LogP contribution in [0.3, 0.4) is 0 Å². The minimum Gasteiger partial charge on any atom is -0.469 e. The fraction of sp³-hybridized carbons (Fsp3) is 0.583. The second kappa shape index (κ2) is 24.5. The summed E-state index contributed by atoms with van der Waals surface area (Å²) in [6.45, 7) is 10.8. The molecule has 6 nitrogen and oxygen atoms in total. The molecule has 0 rings (SSSR count). The maximum atomic E-state index is 9.75. The van der Waals surface area contributed by atoms with Crippen LogP contribution in [0.25, 0.3) is 0 Å². The van der Waals surface area contributed by atoms with Crippen molar-refractivity contribution < 1.29 is 29.0 Å². The van der Waals surface area contributed by atoms with Crippen LogP contribution in [-0.4, -0.2) is 36.5 Å². The van der Waals surface area contributed by atoms with Crippen LogP contribution >= 0.6 is 0 Å². The van der Waals surface area contributed by atoms with Crippen molar-refractivity contribution in [1.82, 2.24) is 0 Å². The van der Waals surface area contributed by atoms with E-state index in [1.165, 1.54) is 34.8 Å². The molecule has 108 valence electrons. The van der Waals surface area contributed by atoms with Gasteiger partial charge in [-0.1, -0.05) is 6.58 Å². The molecule has 0 heterocycles. The van der Waals surface area contributed by atoms with Gasteiger partial charge in [0.25, 0.3) is 0 Å². The molecule has 0 bridgehead atoms. The maximum Gasteiger partial charge on any atom is 0.307 e. The maximum absolute atomic E-state index is 9.75. The molecule has 0 aliphatic heterocycles. The molecular weight excluding hydrogens is 240 g/mol. The number of ether oxygens (including phenoxy) is 2. The molecule has 0 atom stereocenters. The monoisotopic (exact) mass is 264 g/mol. The second-order valence-electron chi connectivity index (χ2n) is 2.70. The highest BCUT2D eigenvalue weighted by Gasteiger charge is 1.79. The number of carbonyl (C=O) groups is 3. The Morgan fingerprint density at radius 2 is 1.33 bits per heavy atom. The van der Waals surface area contributed by atoms with Crippen LogP contribution in [0.4, 0.5) is 0 Å². The Labute approximate surface area is 109 Å². The lowest BCUT2D eigenvalue weighted by Crippen LogP contribution is -1.88. The van der Waals surface area contributed by atoms with Gasteiger partial charge < -0.3 is 19.4 Å². The number of hydrogen-bond donors (Lipinski definition) is 1. The predicted octanol–water partition coefficient (Wildman–Crippen LogP) is 1.47. The third kappa shape index (κ3) is 231. The molecule has 18 heavy (non-hydrogen) atoms. The summed E-state index contributed by atoms with van der Waals surface area (Å²) >= 11 is 0. The summed E-state index contributed by atoms with van der Waals surface area (Å²) < 4.78 is 8.28. The fourth-order valence-electron chi connectivity index (χ4n) is 0.117. The summed E-state index contributed by atoms with van der Waals surface area (Å²) in [4.78, 5) is 28.8. The highest BCUT2D eigenvalue weighted by Crippen LogP contribution is 1.70. The Kier molecular flexibility index (Phi) is 34.4. The normalized spacial score (nSPS) is 6.61. The zero-order valence-corrected chi connectivity index (χ0v) is 12.0. The lowest BCUT2D eigenvalue weighted by atomic mass is 10.6.